The molecular formula is C39H49N5O7. The third-order valence-electron chi connectivity index (χ3n) is 8.22. The Balaban J connectivity index is 1.14. The quantitative estimate of drug-likeness (QED) is 0.177. The minimum atomic E-state index is -0.659. The van der Waals surface area contributed by atoms with Crippen LogP contribution in [0.5, 0.6) is 0 Å². The Morgan fingerprint density at radius 2 is 1.57 bits per heavy atom. The number of urea groups is 1. The summed E-state index contributed by atoms with van der Waals surface area (Å²) in [5.41, 5.74) is 2.66. The van der Waals surface area contributed by atoms with Crippen molar-refractivity contribution in [1.29, 1.82) is 0 Å². The van der Waals surface area contributed by atoms with Crippen LogP contribution in [0.4, 0.5) is 21.0 Å². The maximum Gasteiger partial charge on any atom is 0.412 e. The summed E-state index contributed by atoms with van der Waals surface area (Å²) in [6, 6.07) is 23.9. The van der Waals surface area contributed by atoms with Crippen LogP contribution in [0.3, 0.4) is 0 Å². The van der Waals surface area contributed by atoms with Crippen molar-refractivity contribution in [2.24, 2.45) is 0 Å². The van der Waals surface area contributed by atoms with Gasteiger partial charge in [-0.2, -0.15) is 0 Å². The zero-order valence-electron chi connectivity index (χ0n) is 29.7. The molecule has 1 saturated heterocycles. The van der Waals surface area contributed by atoms with Crippen molar-refractivity contribution in [3.05, 3.63) is 108 Å². The van der Waals surface area contributed by atoms with E-state index in [2.05, 4.69) is 20.9 Å². The standard InChI is InChI=1S/C39H49N5O7/c1-39(2,3)51-38(47)42-34-13-8-7-12-33(34)41-36(45)31-16-14-30(15-17-31)27-44(21-9-20-43-22-24-48-25-23-43)37(46)40-19-18-32-28-49-35(50-32)26-29-10-5-4-6-11-29/h4-8,10-17,28,35H,9,18-27H2,1-3H3,(H,40,46)(H,41,45)(H,42,47). The molecule has 12 heteroatoms. The Kier molecular flexibility index (Phi) is 13.3. The van der Waals surface area contributed by atoms with Gasteiger partial charge in [-0.1, -0.05) is 54.6 Å². The first kappa shape index (κ1) is 37.2. The zero-order chi connectivity index (χ0) is 36.1. The Morgan fingerprint density at radius 1 is 0.882 bits per heavy atom. The number of rotatable bonds is 14. The molecule has 2 heterocycles. The number of anilines is 2. The molecule has 3 N–H and O–H groups in total. The first-order chi connectivity index (χ1) is 24.6. The molecule has 272 valence electrons. The zero-order valence-corrected chi connectivity index (χ0v) is 29.7. The molecule has 51 heavy (non-hydrogen) atoms. The minimum Gasteiger partial charge on any atom is -0.459 e. The number of morpholine rings is 1. The second-order valence-electron chi connectivity index (χ2n) is 13.5. The minimum absolute atomic E-state index is 0.173. The lowest BCUT2D eigenvalue weighted by atomic mass is 10.1. The van der Waals surface area contributed by atoms with Gasteiger partial charge in [0.15, 0.2) is 0 Å². The van der Waals surface area contributed by atoms with Crippen LogP contribution in [-0.4, -0.2) is 85.7 Å². The highest BCUT2D eigenvalue weighted by atomic mass is 16.7. The maximum absolute atomic E-state index is 13.5. The van der Waals surface area contributed by atoms with E-state index in [-0.39, 0.29) is 18.2 Å². The van der Waals surface area contributed by atoms with Crippen molar-refractivity contribution in [3.63, 3.8) is 0 Å². The van der Waals surface area contributed by atoms with Gasteiger partial charge < -0.3 is 34.5 Å². The molecule has 0 radical (unpaired) electrons. The average Bonchev–Trinajstić information content (AvgIpc) is 3.55. The second-order valence-corrected chi connectivity index (χ2v) is 13.5. The molecule has 0 aliphatic carbocycles. The van der Waals surface area contributed by atoms with Gasteiger partial charge in [0.25, 0.3) is 5.91 Å². The van der Waals surface area contributed by atoms with E-state index in [1.165, 1.54) is 0 Å². The van der Waals surface area contributed by atoms with Crippen LogP contribution in [0.15, 0.2) is 90.9 Å². The second kappa shape index (κ2) is 18.2. The summed E-state index contributed by atoms with van der Waals surface area (Å²) in [6.07, 6.45) is 2.62. The largest absolute Gasteiger partial charge is 0.459 e. The molecule has 0 bridgehead atoms. The number of carbonyl (C=O) groups excluding carboxylic acids is 3. The molecule has 1 atom stereocenters. The summed E-state index contributed by atoms with van der Waals surface area (Å²) in [7, 11) is 0. The molecule has 0 spiro atoms. The number of amides is 4. The fraction of sp³-hybridized carbons (Fsp3) is 0.410. The van der Waals surface area contributed by atoms with E-state index in [0.717, 1.165) is 50.4 Å². The molecule has 0 saturated carbocycles. The topological polar surface area (TPSA) is 131 Å². The molecular weight excluding hydrogens is 650 g/mol. The number of nitrogens with zero attached hydrogens (tertiary/aromatic N) is 2. The number of carbonyl (C=O) groups is 3. The van der Waals surface area contributed by atoms with Gasteiger partial charge in [0, 0.05) is 57.7 Å². The number of nitrogens with one attached hydrogen (secondary N) is 3. The van der Waals surface area contributed by atoms with Gasteiger partial charge in [-0.25, -0.2) is 9.59 Å². The van der Waals surface area contributed by atoms with Crippen molar-refractivity contribution in [3.8, 4) is 0 Å². The van der Waals surface area contributed by atoms with Crippen molar-refractivity contribution in [1.82, 2.24) is 15.1 Å². The summed E-state index contributed by atoms with van der Waals surface area (Å²) in [5.74, 6) is 0.366. The van der Waals surface area contributed by atoms with E-state index in [1.807, 2.05) is 42.5 Å². The fourth-order valence-electron chi connectivity index (χ4n) is 5.65. The van der Waals surface area contributed by atoms with Crippen LogP contribution in [0.2, 0.25) is 0 Å². The number of para-hydroxylation sites is 2. The first-order valence-electron chi connectivity index (χ1n) is 17.5. The fourth-order valence-corrected chi connectivity index (χ4v) is 5.65. The summed E-state index contributed by atoms with van der Waals surface area (Å²) in [5, 5.41) is 8.62. The normalized spacial score (nSPS) is 15.9. The third kappa shape index (κ3) is 12.3. The van der Waals surface area contributed by atoms with Gasteiger partial charge in [0.1, 0.15) is 17.6 Å². The van der Waals surface area contributed by atoms with Gasteiger partial charge in [-0.15, -0.1) is 0 Å². The van der Waals surface area contributed by atoms with Crippen molar-refractivity contribution < 1.29 is 33.3 Å². The van der Waals surface area contributed by atoms with Crippen LogP contribution in [-0.2, 0) is 31.9 Å². The Bertz CT molecular complexity index is 1620. The molecule has 2 aliphatic heterocycles. The molecule has 1 fully saturated rings. The van der Waals surface area contributed by atoms with Crippen LogP contribution < -0.4 is 16.0 Å². The van der Waals surface area contributed by atoms with E-state index in [0.29, 0.717) is 55.2 Å². The van der Waals surface area contributed by atoms with Gasteiger partial charge >= 0.3 is 12.1 Å². The Hall–Kier alpha value is -5.07. The van der Waals surface area contributed by atoms with E-state index < -0.39 is 11.7 Å². The van der Waals surface area contributed by atoms with Crippen molar-refractivity contribution in [2.75, 3.05) is 56.6 Å². The van der Waals surface area contributed by atoms with Gasteiger partial charge in [0.05, 0.1) is 24.6 Å². The average molecular weight is 700 g/mol. The lowest BCUT2D eigenvalue weighted by Crippen LogP contribution is -2.42. The van der Waals surface area contributed by atoms with Crippen molar-refractivity contribution in [2.45, 2.75) is 58.5 Å². The van der Waals surface area contributed by atoms with E-state index in [1.54, 1.807) is 68.3 Å². The molecule has 1 unspecified atom stereocenters. The summed E-state index contributed by atoms with van der Waals surface area (Å²) < 4.78 is 22.5. The summed E-state index contributed by atoms with van der Waals surface area (Å²) in [4.78, 5) is 43.1. The van der Waals surface area contributed by atoms with Gasteiger partial charge in [0.2, 0.25) is 6.29 Å². The number of hydrogen-bond acceptors (Lipinski definition) is 8. The Morgan fingerprint density at radius 3 is 2.27 bits per heavy atom. The lowest BCUT2D eigenvalue weighted by molar-refractivity contribution is -0.0314. The van der Waals surface area contributed by atoms with Gasteiger partial charge in [-0.05, 0) is 62.6 Å². The Labute approximate surface area is 300 Å². The van der Waals surface area contributed by atoms with Crippen molar-refractivity contribution >= 4 is 29.4 Å². The van der Waals surface area contributed by atoms with Crippen LogP contribution in [0.25, 0.3) is 0 Å². The van der Waals surface area contributed by atoms with Crippen LogP contribution in [0, 0.1) is 0 Å². The SMILES string of the molecule is CC(C)(C)OC(=O)Nc1ccccc1NC(=O)c1ccc(CN(CCCN2CCOCC2)C(=O)NCCC2=COC(Cc3ccccc3)O2)cc1. The first-order valence-corrected chi connectivity index (χ1v) is 17.5. The number of ether oxygens (including phenoxy) is 4. The predicted molar refractivity (Wildman–Crippen MR) is 195 cm³/mol. The van der Waals surface area contributed by atoms with E-state index in [9.17, 15) is 14.4 Å². The van der Waals surface area contributed by atoms with E-state index in [4.69, 9.17) is 18.9 Å². The predicted octanol–water partition coefficient (Wildman–Crippen LogP) is 6.37. The van der Waals surface area contributed by atoms with E-state index >= 15 is 0 Å². The molecule has 12 nitrogen and oxygen atoms in total. The summed E-state index contributed by atoms with van der Waals surface area (Å²) in [6.45, 7) is 10.8. The number of benzene rings is 3. The van der Waals surface area contributed by atoms with Crippen LogP contribution >= 0.6 is 0 Å². The highest BCUT2D eigenvalue weighted by molar-refractivity contribution is 6.06. The number of hydrogen-bond donors (Lipinski definition) is 3. The molecule has 3 aromatic rings. The highest BCUT2D eigenvalue weighted by Crippen LogP contribution is 2.24. The molecule has 2 aliphatic rings. The maximum atomic E-state index is 13.5. The smallest absolute Gasteiger partial charge is 0.412 e. The van der Waals surface area contributed by atoms with Gasteiger partial charge in [-0.3, -0.25) is 15.0 Å². The molecule has 0 aromatic heterocycles. The highest BCUT2D eigenvalue weighted by Gasteiger charge is 2.22. The summed E-state index contributed by atoms with van der Waals surface area (Å²) >= 11 is 0. The molecule has 5 rings (SSSR count). The monoisotopic (exact) mass is 699 g/mol. The third-order valence-corrected chi connectivity index (χ3v) is 8.22. The molecule has 3 aromatic carbocycles. The van der Waals surface area contributed by atoms with Crippen LogP contribution in [0.1, 0.15) is 55.1 Å². The lowest BCUT2D eigenvalue weighted by Gasteiger charge is -2.28. The molecule has 4 amide bonds.